The summed E-state index contributed by atoms with van der Waals surface area (Å²) in [4.78, 5) is 4.31. The van der Waals surface area contributed by atoms with Gasteiger partial charge < -0.3 is 0 Å². The first kappa shape index (κ1) is 10.3. The Morgan fingerprint density at radius 3 is 2.81 bits per heavy atom. The van der Waals surface area contributed by atoms with Crippen LogP contribution >= 0.6 is 22.9 Å². The second kappa shape index (κ2) is 4.19. The third-order valence-electron chi connectivity index (χ3n) is 3.19. The standard InChI is InChI=1S/C13H12ClNS/c14-12-8-16-13(15-12)11-6-2-5-10(7-11)9-3-1-4-9/h2,5-9H,1,3-4H2. The van der Waals surface area contributed by atoms with Crippen LogP contribution in [0.3, 0.4) is 0 Å². The van der Waals surface area contributed by atoms with Crippen LogP contribution < -0.4 is 0 Å². The van der Waals surface area contributed by atoms with E-state index in [1.807, 2.05) is 5.38 Å². The molecule has 3 rings (SSSR count). The smallest absolute Gasteiger partial charge is 0.140 e. The Morgan fingerprint density at radius 2 is 2.19 bits per heavy atom. The molecule has 1 heterocycles. The van der Waals surface area contributed by atoms with Crippen molar-refractivity contribution < 1.29 is 0 Å². The number of rotatable bonds is 2. The van der Waals surface area contributed by atoms with E-state index in [0.717, 1.165) is 10.9 Å². The van der Waals surface area contributed by atoms with E-state index in [4.69, 9.17) is 11.6 Å². The fourth-order valence-corrected chi connectivity index (χ4v) is 3.00. The van der Waals surface area contributed by atoms with Gasteiger partial charge in [0, 0.05) is 10.9 Å². The van der Waals surface area contributed by atoms with Gasteiger partial charge in [-0.25, -0.2) is 4.98 Å². The molecule has 0 aliphatic heterocycles. The first-order valence-corrected chi connectivity index (χ1v) is 6.80. The Hall–Kier alpha value is -0.860. The summed E-state index contributed by atoms with van der Waals surface area (Å²) in [6, 6.07) is 8.72. The molecule has 1 nitrogen and oxygen atoms in total. The van der Waals surface area contributed by atoms with Crippen LogP contribution in [0.4, 0.5) is 0 Å². The van der Waals surface area contributed by atoms with E-state index in [1.54, 1.807) is 11.3 Å². The van der Waals surface area contributed by atoms with Crippen molar-refractivity contribution in [1.29, 1.82) is 0 Å². The van der Waals surface area contributed by atoms with Crippen LogP contribution in [0.15, 0.2) is 29.6 Å². The molecule has 0 saturated heterocycles. The molecule has 0 N–H and O–H groups in total. The van der Waals surface area contributed by atoms with E-state index in [1.165, 1.54) is 30.4 Å². The maximum atomic E-state index is 5.85. The van der Waals surface area contributed by atoms with Gasteiger partial charge in [0.25, 0.3) is 0 Å². The highest BCUT2D eigenvalue weighted by Gasteiger charge is 2.19. The van der Waals surface area contributed by atoms with Crippen molar-refractivity contribution in [2.24, 2.45) is 0 Å². The molecule has 1 aliphatic rings. The zero-order chi connectivity index (χ0) is 11.0. The molecule has 0 unspecified atom stereocenters. The largest absolute Gasteiger partial charge is 0.224 e. The molecular weight excluding hydrogens is 238 g/mol. The van der Waals surface area contributed by atoms with Gasteiger partial charge >= 0.3 is 0 Å². The first-order chi connectivity index (χ1) is 7.83. The minimum atomic E-state index is 0.592. The molecule has 16 heavy (non-hydrogen) atoms. The summed E-state index contributed by atoms with van der Waals surface area (Å²) in [6.07, 6.45) is 4.04. The summed E-state index contributed by atoms with van der Waals surface area (Å²) in [7, 11) is 0. The number of hydrogen-bond acceptors (Lipinski definition) is 2. The van der Waals surface area contributed by atoms with Crippen LogP contribution in [0.5, 0.6) is 0 Å². The number of halogens is 1. The van der Waals surface area contributed by atoms with Gasteiger partial charge in [-0.2, -0.15) is 0 Å². The highest BCUT2D eigenvalue weighted by molar-refractivity contribution is 7.13. The number of hydrogen-bond donors (Lipinski definition) is 0. The predicted molar refractivity (Wildman–Crippen MR) is 69.2 cm³/mol. The minimum Gasteiger partial charge on any atom is -0.224 e. The number of aromatic nitrogens is 1. The lowest BCUT2D eigenvalue weighted by molar-refractivity contribution is 0.420. The average Bonchev–Trinajstić information content (AvgIpc) is 2.63. The Balaban J connectivity index is 1.95. The van der Waals surface area contributed by atoms with Gasteiger partial charge in [0.05, 0.1) is 0 Å². The van der Waals surface area contributed by atoms with E-state index < -0.39 is 0 Å². The monoisotopic (exact) mass is 249 g/mol. The fraction of sp³-hybridized carbons (Fsp3) is 0.308. The normalized spacial score (nSPS) is 16.1. The topological polar surface area (TPSA) is 12.9 Å². The molecule has 0 bridgehead atoms. The third-order valence-corrected chi connectivity index (χ3v) is 4.40. The Bertz CT molecular complexity index is 502. The molecule has 0 atom stereocenters. The summed E-state index contributed by atoms with van der Waals surface area (Å²) in [5.74, 6) is 0.774. The van der Waals surface area contributed by atoms with Gasteiger partial charge in [0.15, 0.2) is 0 Å². The van der Waals surface area contributed by atoms with E-state index in [-0.39, 0.29) is 0 Å². The molecule has 82 valence electrons. The van der Waals surface area contributed by atoms with Crippen LogP contribution in [0.25, 0.3) is 10.6 Å². The molecule has 3 heteroatoms. The number of nitrogens with zero attached hydrogens (tertiary/aromatic N) is 1. The highest BCUT2D eigenvalue weighted by atomic mass is 35.5. The van der Waals surface area contributed by atoms with Crippen molar-refractivity contribution in [2.75, 3.05) is 0 Å². The molecular formula is C13H12ClNS. The fourth-order valence-electron chi connectivity index (χ4n) is 2.05. The molecule has 2 aromatic rings. The molecule has 0 radical (unpaired) electrons. The highest BCUT2D eigenvalue weighted by Crippen LogP contribution is 2.38. The Labute approximate surface area is 104 Å². The van der Waals surface area contributed by atoms with Crippen LogP contribution in [-0.4, -0.2) is 4.98 Å². The van der Waals surface area contributed by atoms with Crippen LogP contribution in [-0.2, 0) is 0 Å². The van der Waals surface area contributed by atoms with E-state index in [0.29, 0.717) is 5.15 Å². The quantitative estimate of drug-likeness (QED) is 0.750. The summed E-state index contributed by atoms with van der Waals surface area (Å²) in [5.41, 5.74) is 2.65. The van der Waals surface area contributed by atoms with Crippen molar-refractivity contribution >= 4 is 22.9 Å². The summed E-state index contributed by atoms with van der Waals surface area (Å²) >= 11 is 7.46. The van der Waals surface area contributed by atoms with Crippen molar-refractivity contribution in [2.45, 2.75) is 25.2 Å². The van der Waals surface area contributed by atoms with E-state index in [2.05, 4.69) is 29.2 Å². The molecule has 0 spiro atoms. The molecule has 1 aliphatic carbocycles. The second-order valence-corrected chi connectivity index (χ2v) is 5.47. The van der Waals surface area contributed by atoms with Crippen LogP contribution in [0.2, 0.25) is 5.15 Å². The van der Waals surface area contributed by atoms with Crippen molar-refractivity contribution in [1.82, 2.24) is 4.98 Å². The summed E-state index contributed by atoms with van der Waals surface area (Å²) < 4.78 is 0. The van der Waals surface area contributed by atoms with Gasteiger partial charge in [-0.05, 0) is 30.4 Å². The maximum Gasteiger partial charge on any atom is 0.140 e. The van der Waals surface area contributed by atoms with Crippen molar-refractivity contribution in [3.8, 4) is 10.6 Å². The summed E-state index contributed by atoms with van der Waals surface area (Å²) in [5, 5.41) is 3.49. The lowest BCUT2D eigenvalue weighted by atomic mass is 9.80. The van der Waals surface area contributed by atoms with Gasteiger partial charge in [-0.3, -0.25) is 0 Å². The van der Waals surface area contributed by atoms with E-state index in [9.17, 15) is 0 Å². The van der Waals surface area contributed by atoms with E-state index >= 15 is 0 Å². The van der Waals surface area contributed by atoms with Crippen molar-refractivity contribution in [3.05, 3.63) is 40.4 Å². The lowest BCUT2D eigenvalue weighted by Crippen LogP contribution is -2.08. The lowest BCUT2D eigenvalue weighted by Gasteiger charge is -2.25. The maximum absolute atomic E-state index is 5.85. The molecule has 1 aromatic heterocycles. The zero-order valence-electron chi connectivity index (χ0n) is 8.82. The predicted octanol–water partition coefficient (Wildman–Crippen LogP) is 4.73. The van der Waals surface area contributed by atoms with Crippen LogP contribution in [0, 0.1) is 0 Å². The average molecular weight is 250 g/mol. The van der Waals surface area contributed by atoms with Gasteiger partial charge in [0.2, 0.25) is 0 Å². The number of thiazole rings is 1. The second-order valence-electron chi connectivity index (χ2n) is 4.23. The van der Waals surface area contributed by atoms with Gasteiger partial charge in [-0.1, -0.05) is 36.2 Å². The molecule has 1 saturated carbocycles. The number of benzene rings is 1. The third kappa shape index (κ3) is 1.87. The van der Waals surface area contributed by atoms with Gasteiger partial charge in [-0.15, -0.1) is 11.3 Å². The molecule has 0 amide bonds. The van der Waals surface area contributed by atoms with Crippen LogP contribution in [0.1, 0.15) is 30.7 Å². The van der Waals surface area contributed by atoms with Crippen molar-refractivity contribution in [3.63, 3.8) is 0 Å². The Kier molecular flexibility index (Phi) is 2.70. The molecule has 1 aromatic carbocycles. The van der Waals surface area contributed by atoms with Gasteiger partial charge in [0.1, 0.15) is 10.2 Å². The molecule has 1 fully saturated rings. The SMILES string of the molecule is Clc1csc(-c2cccc(C3CCC3)c2)n1. The first-order valence-electron chi connectivity index (χ1n) is 5.54. The Morgan fingerprint density at radius 1 is 1.31 bits per heavy atom. The minimum absolute atomic E-state index is 0.592. The zero-order valence-corrected chi connectivity index (χ0v) is 10.4. The summed E-state index contributed by atoms with van der Waals surface area (Å²) in [6.45, 7) is 0.